The van der Waals surface area contributed by atoms with Gasteiger partial charge in [0.2, 0.25) is 0 Å². The van der Waals surface area contributed by atoms with Gasteiger partial charge in [-0.1, -0.05) is 19.0 Å². The summed E-state index contributed by atoms with van der Waals surface area (Å²) in [5.74, 6) is 2.69. The molecule has 0 radical (unpaired) electrons. The second kappa shape index (κ2) is 6.27. The third-order valence-electron chi connectivity index (χ3n) is 3.86. The van der Waals surface area contributed by atoms with Crippen LogP contribution in [-0.2, 0) is 9.84 Å². The molecule has 1 aliphatic rings. The summed E-state index contributed by atoms with van der Waals surface area (Å²) in [4.78, 5) is 8.62. The van der Waals surface area contributed by atoms with E-state index in [0.717, 1.165) is 5.56 Å². The Kier molecular flexibility index (Phi) is 4.34. The standard InChI is InChI=1S/C15H20N4O3S/c1-10(2)14-18-15(22-19-14)12-3-5-16-13(7-12)17-8-11-4-6-23(20,21)9-11/h3,5,7,10-11H,4,6,8-9H2,1-2H3,(H,16,17). The first-order valence-corrected chi connectivity index (χ1v) is 9.49. The molecule has 2 aromatic heterocycles. The van der Waals surface area contributed by atoms with E-state index in [4.69, 9.17) is 4.52 Å². The topological polar surface area (TPSA) is 98.0 Å². The van der Waals surface area contributed by atoms with Gasteiger partial charge in [-0.15, -0.1) is 0 Å². The van der Waals surface area contributed by atoms with Crippen LogP contribution in [0.15, 0.2) is 22.9 Å². The van der Waals surface area contributed by atoms with Crippen molar-refractivity contribution in [2.24, 2.45) is 5.92 Å². The average molecular weight is 336 g/mol. The van der Waals surface area contributed by atoms with Crippen LogP contribution in [0.5, 0.6) is 0 Å². The number of nitrogens with zero attached hydrogens (tertiary/aromatic N) is 3. The summed E-state index contributed by atoms with van der Waals surface area (Å²) in [6.45, 7) is 4.60. The molecular weight excluding hydrogens is 316 g/mol. The van der Waals surface area contributed by atoms with Crippen molar-refractivity contribution >= 4 is 15.7 Å². The lowest BCUT2D eigenvalue weighted by molar-refractivity contribution is 0.419. The number of anilines is 1. The normalized spacial score (nSPS) is 20.0. The summed E-state index contributed by atoms with van der Waals surface area (Å²) < 4.78 is 28.2. The summed E-state index contributed by atoms with van der Waals surface area (Å²) >= 11 is 0. The molecule has 0 bridgehead atoms. The van der Waals surface area contributed by atoms with E-state index in [1.165, 1.54) is 0 Å². The Morgan fingerprint density at radius 3 is 2.91 bits per heavy atom. The zero-order valence-corrected chi connectivity index (χ0v) is 14.0. The lowest BCUT2D eigenvalue weighted by atomic mass is 10.1. The van der Waals surface area contributed by atoms with Gasteiger partial charge in [0, 0.05) is 24.2 Å². The van der Waals surface area contributed by atoms with E-state index >= 15 is 0 Å². The van der Waals surface area contributed by atoms with E-state index in [0.29, 0.717) is 30.5 Å². The SMILES string of the molecule is CC(C)c1noc(-c2ccnc(NCC3CCS(=O)(=O)C3)c2)n1. The molecule has 0 spiro atoms. The van der Waals surface area contributed by atoms with Crippen molar-refractivity contribution in [3.05, 3.63) is 24.2 Å². The molecule has 1 fully saturated rings. The molecule has 3 rings (SSSR count). The first-order chi connectivity index (χ1) is 10.9. The molecule has 23 heavy (non-hydrogen) atoms. The van der Waals surface area contributed by atoms with E-state index in [2.05, 4.69) is 20.4 Å². The fourth-order valence-electron chi connectivity index (χ4n) is 2.53. The molecule has 3 heterocycles. The Balaban J connectivity index is 1.67. The van der Waals surface area contributed by atoms with Crippen LogP contribution in [0.25, 0.3) is 11.5 Å². The largest absolute Gasteiger partial charge is 0.370 e. The van der Waals surface area contributed by atoms with Crippen LogP contribution in [-0.4, -0.2) is 41.6 Å². The molecule has 0 aromatic carbocycles. The molecule has 0 aliphatic carbocycles. The van der Waals surface area contributed by atoms with Gasteiger partial charge in [0.15, 0.2) is 15.7 Å². The van der Waals surface area contributed by atoms with Crippen LogP contribution >= 0.6 is 0 Å². The highest BCUT2D eigenvalue weighted by Gasteiger charge is 2.27. The van der Waals surface area contributed by atoms with E-state index < -0.39 is 9.84 Å². The van der Waals surface area contributed by atoms with Crippen molar-refractivity contribution in [1.29, 1.82) is 0 Å². The molecular formula is C15H20N4O3S. The van der Waals surface area contributed by atoms with Gasteiger partial charge in [-0.05, 0) is 24.5 Å². The molecule has 7 nitrogen and oxygen atoms in total. The lowest BCUT2D eigenvalue weighted by Gasteiger charge is -2.10. The highest BCUT2D eigenvalue weighted by atomic mass is 32.2. The van der Waals surface area contributed by atoms with Crippen LogP contribution in [0.4, 0.5) is 5.82 Å². The minimum Gasteiger partial charge on any atom is -0.370 e. The highest BCUT2D eigenvalue weighted by Crippen LogP contribution is 2.23. The van der Waals surface area contributed by atoms with Crippen LogP contribution < -0.4 is 5.32 Å². The Bertz CT molecular complexity index is 786. The highest BCUT2D eigenvalue weighted by molar-refractivity contribution is 7.91. The molecule has 1 N–H and O–H groups in total. The minimum atomic E-state index is -2.85. The second-order valence-electron chi connectivity index (χ2n) is 6.19. The number of nitrogens with one attached hydrogen (secondary N) is 1. The molecule has 1 atom stereocenters. The van der Waals surface area contributed by atoms with Crippen molar-refractivity contribution in [2.45, 2.75) is 26.2 Å². The Morgan fingerprint density at radius 2 is 2.26 bits per heavy atom. The van der Waals surface area contributed by atoms with Gasteiger partial charge in [-0.25, -0.2) is 13.4 Å². The third-order valence-corrected chi connectivity index (χ3v) is 5.70. The number of aromatic nitrogens is 3. The van der Waals surface area contributed by atoms with Crippen molar-refractivity contribution in [3.8, 4) is 11.5 Å². The van der Waals surface area contributed by atoms with Crippen molar-refractivity contribution in [1.82, 2.24) is 15.1 Å². The maximum absolute atomic E-state index is 11.5. The van der Waals surface area contributed by atoms with Gasteiger partial charge in [-0.2, -0.15) is 4.98 Å². The zero-order chi connectivity index (χ0) is 16.4. The fraction of sp³-hybridized carbons (Fsp3) is 0.533. The molecule has 1 saturated heterocycles. The summed E-state index contributed by atoms with van der Waals surface area (Å²) in [7, 11) is -2.85. The van der Waals surface area contributed by atoms with Crippen molar-refractivity contribution < 1.29 is 12.9 Å². The molecule has 8 heteroatoms. The van der Waals surface area contributed by atoms with Gasteiger partial charge in [0.1, 0.15) is 5.82 Å². The maximum Gasteiger partial charge on any atom is 0.258 e. The summed E-state index contributed by atoms with van der Waals surface area (Å²) in [6, 6.07) is 3.64. The predicted molar refractivity (Wildman–Crippen MR) is 86.9 cm³/mol. The van der Waals surface area contributed by atoms with Crippen molar-refractivity contribution in [2.75, 3.05) is 23.4 Å². The quantitative estimate of drug-likeness (QED) is 0.892. The fourth-order valence-corrected chi connectivity index (χ4v) is 4.39. The zero-order valence-electron chi connectivity index (χ0n) is 13.2. The first-order valence-electron chi connectivity index (χ1n) is 7.67. The third kappa shape index (κ3) is 3.87. The summed E-state index contributed by atoms with van der Waals surface area (Å²) in [5, 5.41) is 7.15. The number of pyridine rings is 1. The average Bonchev–Trinajstić information content (AvgIpc) is 3.12. The van der Waals surface area contributed by atoms with Crippen molar-refractivity contribution in [3.63, 3.8) is 0 Å². The van der Waals surface area contributed by atoms with Crippen LogP contribution in [0.3, 0.4) is 0 Å². The predicted octanol–water partition coefficient (Wildman–Crippen LogP) is 2.10. The van der Waals surface area contributed by atoms with Crippen LogP contribution in [0.1, 0.15) is 32.0 Å². The molecule has 0 amide bonds. The lowest BCUT2D eigenvalue weighted by Crippen LogP contribution is -2.16. The van der Waals surface area contributed by atoms with Gasteiger partial charge >= 0.3 is 0 Å². The Labute approximate surface area is 135 Å². The Hall–Kier alpha value is -1.96. The maximum atomic E-state index is 11.5. The van der Waals surface area contributed by atoms with Crippen LogP contribution in [0, 0.1) is 5.92 Å². The van der Waals surface area contributed by atoms with Gasteiger partial charge in [0.05, 0.1) is 11.5 Å². The Morgan fingerprint density at radius 1 is 1.43 bits per heavy atom. The van der Waals surface area contributed by atoms with Gasteiger partial charge in [0.25, 0.3) is 5.89 Å². The molecule has 124 valence electrons. The first kappa shape index (κ1) is 15.9. The van der Waals surface area contributed by atoms with E-state index in [1.807, 2.05) is 26.0 Å². The molecule has 1 unspecified atom stereocenters. The van der Waals surface area contributed by atoms with E-state index in [9.17, 15) is 8.42 Å². The van der Waals surface area contributed by atoms with Gasteiger partial charge < -0.3 is 9.84 Å². The van der Waals surface area contributed by atoms with E-state index in [1.54, 1.807) is 6.20 Å². The minimum absolute atomic E-state index is 0.140. The smallest absolute Gasteiger partial charge is 0.258 e. The number of hydrogen-bond acceptors (Lipinski definition) is 7. The monoisotopic (exact) mass is 336 g/mol. The molecule has 1 aliphatic heterocycles. The van der Waals surface area contributed by atoms with Crippen LogP contribution in [0.2, 0.25) is 0 Å². The van der Waals surface area contributed by atoms with E-state index in [-0.39, 0.29) is 23.3 Å². The molecule has 2 aromatic rings. The second-order valence-corrected chi connectivity index (χ2v) is 8.42. The molecule has 0 saturated carbocycles. The van der Waals surface area contributed by atoms with Gasteiger partial charge in [-0.3, -0.25) is 0 Å². The number of rotatable bonds is 5. The number of sulfone groups is 1. The summed E-state index contributed by atoms with van der Waals surface area (Å²) in [5.41, 5.74) is 0.793. The summed E-state index contributed by atoms with van der Waals surface area (Å²) in [6.07, 6.45) is 2.37. The number of hydrogen-bond donors (Lipinski definition) is 1.